The topological polar surface area (TPSA) is 13.1 Å². The predicted molar refractivity (Wildman–Crippen MR) is 50.0 cm³/mol. The average molecular weight is 183 g/mol. The summed E-state index contributed by atoms with van der Waals surface area (Å²) >= 11 is 6.07. The summed E-state index contributed by atoms with van der Waals surface area (Å²) in [5.74, 6) is 1.43. The van der Waals surface area contributed by atoms with Crippen molar-refractivity contribution in [2.75, 3.05) is 0 Å². The van der Waals surface area contributed by atoms with E-state index in [0.29, 0.717) is 5.92 Å². The van der Waals surface area contributed by atoms with E-state index in [1.165, 1.54) is 5.56 Å². The van der Waals surface area contributed by atoms with Crippen LogP contribution in [0.2, 0.25) is 0 Å². The molecule has 2 rings (SSSR count). The lowest BCUT2D eigenvalue weighted by Gasteiger charge is -2.17. The SMILES string of the molecule is CCC1Cc2ccoc2C=C1Cl. The molecule has 0 aliphatic heterocycles. The van der Waals surface area contributed by atoms with Gasteiger partial charge in [0.2, 0.25) is 0 Å². The van der Waals surface area contributed by atoms with Gasteiger partial charge < -0.3 is 4.42 Å². The summed E-state index contributed by atoms with van der Waals surface area (Å²) in [6.07, 6.45) is 5.79. The van der Waals surface area contributed by atoms with Crippen LogP contribution in [0.5, 0.6) is 0 Å². The summed E-state index contributed by atoms with van der Waals surface area (Å²) in [6.45, 7) is 2.16. The van der Waals surface area contributed by atoms with E-state index in [2.05, 4.69) is 6.92 Å². The lowest BCUT2D eigenvalue weighted by Crippen LogP contribution is -2.07. The number of furan rings is 1. The Labute approximate surface area is 77.0 Å². The monoisotopic (exact) mass is 182 g/mol. The van der Waals surface area contributed by atoms with Crippen molar-refractivity contribution >= 4 is 17.7 Å². The average Bonchev–Trinajstić information content (AvgIpc) is 2.49. The Kier molecular flexibility index (Phi) is 1.97. The van der Waals surface area contributed by atoms with Gasteiger partial charge in [0, 0.05) is 5.03 Å². The van der Waals surface area contributed by atoms with Crippen molar-refractivity contribution < 1.29 is 4.42 Å². The van der Waals surface area contributed by atoms with Crippen molar-refractivity contribution in [3.05, 3.63) is 28.7 Å². The highest BCUT2D eigenvalue weighted by Gasteiger charge is 2.20. The van der Waals surface area contributed by atoms with Crippen molar-refractivity contribution in [3.63, 3.8) is 0 Å². The molecular formula is C10H11ClO. The largest absolute Gasteiger partial charge is 0.465 e. The minimum atomic E-state index is 0.497. The Morgan fingerprint density at radius 2 is 2.50 bits per heavy atom. The van der Waals surface area contributed by atoms with E-state index in [0.717, 1.165) is 23.6 Å². The van der Waals surface area contributed by atoms with E-state index >= 15 is 0 Å². The van der Waals surface area contributed by atoms with Gasteiger partial charge in [-0.2, -0.15) is 0 Å². The molecule has 0 amide bonds. The smallest absolute Gasteiger partial charge is 0.131 e. The van der Waals surface area contributed by atoms with Crippen LogP contribution in [-0.4, -0.2) is 0 Å². The van der Waals surface area contributed by atoms with Crippen LogP contribution in [0, 0.1) is 5.92 Å². The van der Waals surface area contributed by atoms with Crippen LogP contribution >= 0.6 is 11.6 Å². The summed E-state index contributed by atoms with van der Waals surface area (Å²) in [6, 6.07) is 2.03. The number of halogens is 1. The van der Waals surface area contributed by atoms with Crippen LogP contribution in [0.4, 0.5) is 0 Å². The second kappa shape index (κ2) is 2.98. The molecule has 0 aromatic carbocycles. The zero-order valence-corrected chi connectivity index (χ0v) is 7.77. The maximum Gasteiger partial charge on any atom is 0.131 e. The standard InChI is InChI=1S/C10H11ClO/c1-2-7-5-8-3-4-12-10(8)6-9(7)11/h3-4,6-7H,2,5H2,1H3. The fourth-order valence-corrected chi connectivity index (χ4v) is 1.92. The molecule has 0 N–H and O–H groups in total. The third kappa shape index (κ3) is 1.18. The maximum absolute atomic E-state index is 6.07. The van der Waals surface area contributed by atoms with Gasteiger partial charge in [-0.15, -0.1) is 0 Å². The van der Waals surface area contributed by atoms with Crippen molar-refractivity contribution in [2.24, 2.45) is 5.92 Å². The zero-order chi connectivity index (χ0) is 8.55. The van der Waals surface area contributed by atoms with E-state index in [4.69, 9.17) is 16.0 Å². The minimum absolute atomic E-state index is 0.497. The summed E-state index contributed by atoms with van der Waals surface area (Å²) in [5, 5.41) is 0.931. The molecule has 1 aromatic rings. The second-order valence-corrected chi connectivity index (χ2v) is 3.59. The first-order valence-corrected chi connectivity index (χ1v) is 4.62. The molecule has 1 heterocycles. The molecule has 1 aromatic heterocycles. The molecule has 64 valence electrons. The second-order valence-electron chi connectivity index (χ2n) is 3.15. The summed E-state index contributed by atoms with van der Waals surface area (Å²) in [7, 11) is 0. The summed E-state index contributed by atoms with van der Waals surface area (Å²) in [4.78, 5) is 0. The number of hydrogen-bond donors (Lipinski definition) is 0. The van der Waals surface area contributed by atoms with Gasteiger partial charge in [0.05, 0.1) is 6.26 Å². The molecule has 0 radical (unpaired) electrons. The van der Waals surface area contributed by atoms with Crippen LogP contribution in [-0.2, 0) is 6.42 Å². The van der Waals surface area contributed by atoms with Gasteiger partial charge in [0.15, 0.2) is 0 Å². The van der Waals surface area contributed by atoms with Gasteiger partial charge in [-0.3, -0.25) is 0 Å². The molecule has 0 saturated carbocycles. The Balaban J connectivity index is 2.37. The summed E-state index contributed by atoms with van der Waals surface area (Å²) in [5.41, 5.74) is 1.28. The number of allylic oxidation sites excluding steroid dienone is 1. The van der Waals surface area contributed by atoms with Crippen LogP contribution in [0.25, 0.3) is 6.08 Å². The quantitative estimate of drug-likeness (QED) is 0.649. The highest BCUT2D eigenvalue weighted by atomic mass is 35.5. The molecule has 0 spiro atoms. The number of hydrogen-bond acceptors (Lipinski definition) is 1. The van der Waals surface area contributed by atoms with Crippen LogP contribution < -0.4 is 0 Å². The van der Waals surface area contributed by atoms with Gasteiger partial charge in [-0.1, -0.05) is 18.5 Å². The predicted octanol–water partition coefficient (Wildman–Crippen LogP) is 3.44. The molecule has 12 heavy (non-hydrogen) atoms. The van der Waals surface area contributed by atoms with E-state index in [1.54, 1.807) is 6.26 Å². The van der Waals surface area contributed by atoms with Gasteiger partial charge >= 0.3 is 0 Å². The number of fused-ring (bicyclic) bond motifs is 1. The molecular weight excluding hydrogens is 172 g/mol. The van der Waals surface area contributed by atoms with Gasteiger partial charge in [-0.05, 0) is 36.5 Å². The Hall–Kier alpha value is -0.690. The molecule has 0 fully saturated rings. The highest BCUT2D eigenvalue weighted by molar-refractivity contribution is 6.31. The first kappa shape index (κ1) is 7.93. The lowest BCUT2D eigenvalue weighted by molar-refractivity contribution is 0.534. The Morgan fingerprint density at radius 1 is 1.67 bits per heavy atom. The normalized spacial score (nSPS) is 21.8. The molecule has 1 nitrogen and oxygen atoms in total. The van der Waals surface area contributed by atoms with Gasteiger partial charge in [-0.25, -0.2) is 0 Å². The van der Waals surface area contributed by atoms with E-state index in [9.17, 15) is 0 Å². The van der Waals surface area contributed by atoms with E-state index < -0.39 is 0 Å². The van der Waals surface area contributed by atoms with Gasteiger partial charge in [0.25, 0.3) is 0 Å². The van der Waals surface area contributed by atoms with Crippen LogP contribution in [0.15, 0.2) is 21.8 Å². The van der Waals surface area contributed by atoms with Crippen molar-refractivity contribution in [2.45, 2.75) is 19.8 Å². The third-order valence-corrected chi connectivity index (χ3v) is 2.82. The maximum atomic E-state index is 6.07. The minimum Gasteiger partial charge on any atom is -0.465 e. The van der Waals surface area contributed by atoms with Crippen LogP contribution in [0.3, 0.4) is 0 Å². The van der Waals surface area contributed by atoms with Crippen molar-refractivity contribution in [1.29, 1.82) is 0 Å². The molecule has 1 unspecified atom stereocenters. The molecule has 2 heteroatoms. The lowest BCUT2D eigenvalue weighted by atomic mass is 9.92. The first-order chi connectivity index (χ1) is 5.81. The highest BCUT2D eigenvalue weighted by Crippen LogP contribution is 2.32. The fourth-order valence-electron chi connectivity index (χ4n) is 1.59. The molecule has 1 atom stereocenters. The number of rotatable bonds is 1. The first-order valence-electron chi connectivity index (χ1n) is 4.24. The zero-order valence-electron chi connectivity index (χ0n) is 7.01. The van der Waals surface area contributed by atoms with Crippen molar-refractivity contribution in [3.8, 4) is 0 Å². The Morgan fingerprint density at radius 3 is 3.25 bits per heavy atom. The van der Waals surface area contributed by atoms with Gasteiger partial charge in [0.1, 0.15) is 5.76 Å². The molecule has 1 aliphatic carbocycles. The van der Waals surface area contributed by atoms with Crippen molar-refractivity contribution in [1.82, 2.24) is 0 Å². The third-order valence-electron chi connectivity index (χ3n) is 2.40. The van der Waals surface area contributed by atoms with E-state index in [-0.39, 0.29) is 0 Å². The molecule has 1 aliphatic rings. The Bertz CT molecular complexity index is 311. The fraction of sp³-hybridized carbons (Fsp3) is 0.400. The summed E-state index contributed by atoms with van der Waals surface area (Å²) < 4.78 is 5.26. The van der Waals surface area contributed by atoms with E-state index in [1.807, 2.05) is 12.1 Å². The molecule has 0 saturated heterocycles. The van der Waals surface area contributed by atoms with Crippen LogP contribution in [0.1, 0.15) is 24.7 Å². The molecule has 0 bridgehead atoms.